The van der Waals surface area contributed by atoms with E-state index >= 15 is 0 Å². The van der Waals surface area contributed by atoms with Gasteiger partial charge in [-0.15, -0.1) is 0 Å². The smallest absolute Gasteiger partial charge is 0.330 e. The van der Waals surface area contributed by atoms with Crippen LogP contribution in [-0.4, -0.2) is 31.1 Å². The molecule has 1 atom stereocenters. The van der Waals surface area contributed by atoms with Gasteiger partial charge in [-0.05, 0) is 60.7 Å². The molecule has 3 nitrogen and oxygen atoms in total. The number of benzene rings is 2. The molecule has 5 heteroatoms. The van der Waals surface area contributed by atoms with Crippen molar-refractivity contribution in [3.05, 3.63) is 75.3 Å². The highest BCUT2D eigenvalue weighted by Gasteiger charge is 2.25. The van der Waals surface area contributed by atoms with Crippen molar-refractivity contribution in [2.75, 3.05) is 20.2 Å². The van der Waals surface area contributed by atoms with E-state index in [9.17, 15) is 4.79 Å². The van der Waals surface area contributed by atoms with Crippen LogP contribution >= 0.6 is 23.2 Å². The first kappa shape index (κ1) is 19.9. The second kappa shape index (κ2) is 9.41. The zero-order valence-electron chi connectivity index (χ0n) is 15.3. The maximum absolute atomic E-state index is 11.2. The molecule has 1 saturated heterocycles. The summed E-state index contributed by atoms with van der Waals surface area (Å²) in [6.45, 7) is 2.07. The highest BCUT2D eigenvalue weighted by molar-refractivity contribution is 6.35. The average molecular weight is 404 g/mol. The number of rotatable bonds is 6. The molecule has 1 heterocycles. The number of carbonyl (C=O) groups is 1. The minimum Gasteiger partial charge on any atom is -0.466 e. The number of hydrogen-bond donors (Lipinski definition) is 0. The van der Waals surface area contributed by atoms with Crippen LogP contribution in [0.4, 0.5) is 0 Å². The maximum Gasteiger partial charge on any atom is 0.330 e. The number of methoxy groups -OCH3 is 1. The summed E-state index contributed by atoms with van der Waals surface area (Å²) in [5.74, 6) is -0.345. The summed E-state index contributed by atoms with van der Waals surface area (Å²) in [6.07, 6.45) is 6.47. The highest BCUT2D eigenvalue weighted by atomic mass is 35.5. The number of ether oxygens (including phenoxy) is 1. The van der Waals surface area contributed by atoms with Crippen LogP contribution in [0.25, 0.3) is 6.08 Å². The number of nitrogens with zero attached hydrogens (tertiary/aromatic N) is 1. The summed E-state index contributed by atoms with van der Waals surface area (Å²) >= 11 is 12.3. The molecule has 0 amide bonds. The number of halogens is 2. The molecule has 0 saturated carbocycles. The van der Waals surface area contributed by atoms with Gasteiger partial charge in [0.15, 0.2) is 0 Å². The fraction of sp³-hybridized carbons (Fsp3) is 0.318. The molecule has 0 unspecified atom stereocenters. The monoisotopic (exact) mass is 403 g/mol. The normalized spacial score (nSPS) is 17.5. The second-order valence-corrected chi connectivity index (χ2v) is 7.55. The van der Waals surface area contributed by atoms with Gasteiger partial charge in [-0.2, -0.15) is 0 Å². The average Bonchev–Trinajstić information content (AvgIpc) is 3.14. The lowest BCUT2D eigenvalue weighted by Crippen LogP contribution is -2.25. The van der Waals surface area contributed by atoms with Gasteiger partial charge >= 0.3 is 5.97 Å². The van der Waals surface area contributed by atoms with E-state index < -0.39 is 0 Å². The summed E-state index contributed by atoms with van der Waals surface area (Å²) in [5, 5.41) is 1.41. The van der Waals surface area contributed by atoms with Gasteiger partial charge in [-0.25, -0.2) is 4.79 Å². The van der Waals surface area contributed by atoms with E-state index in [1.54, 1.807) is 12.1 Å². The molecule has 0 radical (unpaired) electrons. The van der Waals surface area contributed by atoms with Crippen molar-refractivity contribution >= 4 is 35.2 Å². The molecule has 1 fully saturated rings. The van der Waals surface area contributed by atoms with Gasteiger partial charge in [-0.1, -0.05) is 53.5 Å². The fourth-order valence-electron chi connectivity index (χ4n) is 3.52. The maximum atomic E-state index is 11.2. The van der Waals surface area contributed by atoms with E-state index in [4.69, 9.17) is 23.2 Å². The lowest BCUT2D eigenvalue weighted by molar-refractivity contribution is -0.134. The van der Waals surface area contributed by atoms with E-state index in [1.165, 1.54) is 25.2 Å². The molecule has 1 aliphatic rings. The van der Waals surface area contributed by atoms with Gasteiger partial charge in [0.2, 0.25) is 0 Å². The first-order chi connectivity index (χ1) is 13.1. The topological polar surface area (TPSA) is 29.5 Å². The van der Waals surface area contributed by atoms with Crippen LogP contribution in [0, 0.1) is 0 Å². The van der Waals surface area contributed by atoms with Crippen LogP contribution in [0.2, 0.25) is 10.0 Å². The van der Waals surface area contributed by atoms with E-state index in [1.807, 2.05) is 24.3 Å². The van der Waals surface area contributed by atoms with Gasteiger partial charge in [0, 0.05) is 28.7 Å². The van der Waals surface area contributed by atoms with Crippen LogP contribution in [0.1, 0.15) is 35.6 Å². The molecular formula is C22H23Cl2NO2. The van der Waals surface area contributed by atoms with Crippen molar-refractivity contribution in [2.24, 2.45) is 0 Å². The lowest BCUT2D eigenvalue weighted by Gasteiger charge is -2.25. The van der Waals surface area contributed by atoms with E-state index in [0.29, 0.717) is 11.1 Å². The Morgan fingerprint density at radius 3 is 2.70 bits per heavy atom. The number of hydrogen-bond acceptors (Lipinski definition) is 3. The SMILES string of the molecule is COC(=O)/C=C/c1ccc([C@@H]2CCCN2CCc2ccc(Cl)cc2Cl)cc1. The lowest BCUT2D eigenvalue weighted by atomic mass is 10.0. The zero-order valence-corrected chi connectivity index (χ0v) is 16.8. The minimum atomic E-state index is -0.345. The van der Waals surface area contributed by atoms with Crippen LogP contribution in [0.5, 0.6) is 0 Å². The standard InChI is InChI=1S/C22H23Cl2NO2/c1-27-22(26)11-6-16-4-7-18(8-5-16)21-3-2-13-25(21)14-12-17-9-10-19(23)15-20(17)24/h4-11,15,21H,2-3,12-14H2,1H3/b11-6+/t21-/m0/s1. The van der Waals surface area contributed by atoms with Crippen LogP contribution in [-0.2, 0) is 16.0 Å². The minimum absolute atomic E-state index is 0.345. The Bertz CT molecular complexity index is 818. The molecular weight excluding hydrogens is 381 g/mol. The van der Waals surface area contributed by atoms with Crippen molar-refractivity contribution in [2.45, 2.75) is 25.3 Å². The predicted molar refractivity (Wildman–Crippen MR) is 111 cm³/mol. The van der Waals surface area contributed by atoms with Crippen molar-refractivity contribution in [3.63, 3.8) is 0 Å². The summed E-state index contributed by atoms with van der Waals surface area (Å²) in [7, 11) is 1.38. The fourth-order valence-corrected chi connectivity index (χ4v) is 4.02. The van der Waals surface area contributed by atoms with Crippen LogP contribution < -0.4 is 0 Å². The van der Waals surface area contributed by atoms with Crippen molar-refractivity contribution in [1.29, 1.82) is 0 Å². The van der Waals surface area contributed by atoms with Crippen LogP contribution in [0.3, 0.4) is 0 Å². The summed E-state index contributed by atoms with van der Waals surface area (Å²) in [6, 6.07) is 14.5. The summed E-state index contributed by atoms with van der Waals surface area (Å²) in [4.78, 5) is 13.7. The number of likely N-dealkylation sites (tertiary alicyclic amines) is 1. The highest BCUT2D eigenvalue weighted by Crippen LogP contribution is 2.32. The largest absolute Gasteiger partial charge is 0.466 e. The molecule has 0 spiro atoms. The molecule has 0 N–H and O–H groups in total. The van der Waals surface area contributed by atoms with Crippen molar-refractivity contribution in [1.82, 2.24) is 4.90 Å². The van der Waals surface area contributed by atoms with E-state index in [2.05, 4.69) is 21.8 Å². The molecule has 142 valence electrons. The second-order valence-electron chi connectivity index (χ2n) is 6.70. The zero-order chi connectivity index (χ0) is 19.2. The molecule has 27 heavy (non-hydrogen) atoms. The Hall–Kier alpha value is -1.81. The third-order valence-electron chi connectivity index (χ3n) is 4.98. The number of carbonyl (C=O) groups excluding carboxylic acids is 1. The third kappa shape index (κ3) is 5.35. The Morgan fingerprint density at radius 1 is 1.22 bits per heavy atom. The first-order valence-electron chi connectivity index (χ1n) is 9.11. The van der Waals surface area contributed by atoms with Gasteiger partial charge in [-0.3, -0.25) is 4.90 Å². The Morgan fingerprint density at radius 2 is 2.00 bits per heavy atom. The van der Waals surface area contributed by atoms with E-state index in [0.717, 1.165) is 42.1 Å². The van der Waals surface area contributed by atoms with Crippen molar-refractivity contribution < 1.29 is 9.53 Å². The molecule has 2 aromatic rings. The van der Waals surface area contributed by atoms with Gasteiger partial charge < -0.3 is 4.74 Å². The predicted octanol–water partition coefficient (Wildman–Crippen LogP) is 5.56. The molecule has 3 rings (SSSR count). The van der Waals surface area contributed by atoms with Crippen LogP contribution in [0.15, 0.2) is 48.5 Å². The molecule has 0 aromatic heterocycles. The van der Waals surface area contributed by atoms with Gasteiger partial charge in [0.05, 0.1) is 7.11 Å². The molecule has 0 aliphatic carbocycles. The molecule has 2 aromatic carbocycles. The van der Waals surface area contributed by atoms with Gasteiger partial charge in [0.25, 0.3) is 0 Å². The Balaban J connectivity index is 1.63. The third-order valence-corrected chi connectivity index (χ3v) is 5.57. The van der Waals surface area contributed by atoms with Crippen molar-refractivity contribution in [3.8, 4) is 0 Å². The quantitative estimate of drug-likeness (QED) is 0.466. The Labute approximate surface area is 170 Å². The molecule has 0 bridgehead atoms. The summed E-state index contributed by atoms with van der Waals surface area (Å²) < 4.78 is 4.62. The Kier molecular flexibility index (Phi) is 6.95. The number of esters is 1. The summed E-state index contributed by atoms with van der Waals surface area (Å²) in [5.41, 5.74) is 3.43. The van der Waals surface area contributed by atoms with E-state index in [-0.39, 0.29) is 5.97 Å². The van der Waals surface area contributed by atoms with Gasteiger partial charge in [0.1, 0.15) is 0 Å². The first-order valence-corrected chi connectivity index (χ1v) is 9.86. The molecule has 1 aliphatic heterocycles.